The van der Waals surface area contributed by atoms with Crippen LogP contribution in [0.15, 0.2) is 194 Å². The van der Waals surface area contributed by atoms with Gasteiger partial charge in [-0.15, -0.1) is 0 Å². The Balaban J connectivity index is 1.08. The molecule has 0 radical (unpaired) electrons. The number of fused-ring (bicyclic) bond motifs is 12. The summed E-state index contributed by atoms with van der Waals surface area (Å²) in [6.07, 6.45) is 0. The molecule has 3 heterocycles. The molecule has 1 aliphatic carbocycles. The van der Waals surface area contributed by atoms with Gasteiger partial charge in [-0.25, -0.2) is 19.9 Å². The summed E-state index contributed by atoms with van der Waals surface area (Å²) in [4.78, 5) is 20.3. The first-order chi connectivity index (χ1) is 28.7. The van der Waals surface area contributed by atoms with Crippen LogP contribution < -0.4 is 4.74 Å². The van der Waals surface area contributed by atoms with Crippen LogP contribution in [-0.4, -0.2) is 19.9 Å². The largest absolute Gasteiger partial charge is 0.457 e. The number of ether oxygens (including phenoxy) is 1. The molecule has 0 amide bonds. The number of nitrogens with zero attached hydrogens (tertiary/aromatic N) is 4. The summed E-state index contributed by atoms with van der Waals surface area (Å²) >= 11 is 0. The second-order valence-electron chi connectivity index (χ2n) is 14.9. The highest BCUT2D eigenvalue weighted by Gasteiger charge is 2.51. The average Bonchev–Trinajstić information content (AvgIpc) is 3.58. The van der Waals surface area contributed by atoms with Crippen molar-refractivity contribution in [3.05, 3.63) is 216 Å². The third-order valence-corrected chi connectivity index (χ3v) is 11.8. The molecule has 12 rings (SSSR count). The van der Waals surface area contributed by atoms with Crippen molar-refractivity contribution in [1.82, 2.24) is 19.9 Å². The fraction of sp³-hybridized carbons (Fsp3) is 0.0189. The quantitative estimate of drug-likeness (QED) is 0.168. The topological polar surface area (TPSA) is 60.8 Å². The Bertz CT molecular complexity index is 3150. The average molecular weight is 741 g/mol. The molecule has 1 aliphatic heterocycles. The van der Waals surface area contributed by atoms with E-state index >= 15 is 0 Å². The molecule has 0 N–H and O–H groups in total. The van der Waals surface area contributed by atoms with Crippen LogP contribution in [0.4, 0.5) is 0 Å². The van der Waals surface area contributed by atoms with Gasteiger partial charge in [0.05, 0.1) is 16.6 Å². The molecule has 0 bridgehead atoms. The summed E-state index contributed by atoms with van der Waals surface area (Å²) in [5, 5.41) is 3.39. The van der Waals surface area contributed by atoms with E-state index in [4.69, 9.17) is 24.7 Å². The van der Waals surface area contributed by atoms with E-state index in [1.54, 1.807) is 0 Å². The smallest absolute Gasteiger partial charge is 0.164 e. The Labute approximate surface area is 335 Å². The molecule has 2 aromatic heterocycles. The Morgan fingerprint density at radius 1 is 0.328 bits per heavy atom. The summed E-state index contributed by atoms with van der Waals surface area (Å²) in [5.74, 6) is 3.64. The highest BCUT2D eigenvalue weighted by atomic mass is 16.5. The first-order valence-electron chi connectivity index (χ1n) is 19.6. The van der Waals surface area contributed by atoms with Gasteiger partial charge in [-0.2, -0.15) is 0 Å². The number of hydrogen-bond donors (Lipinski definition) is 0. The van der Waals surface area contributed by atoms with Gasteiger partial charge in [0.2, 0.25) is 0 Å². The molecule has 0 saturated heterocycles. The predicted molar refractivity (Wildman–Crippen MR) is 232 cm³/mol. The molecule has 1 spiro atoms. The summed E-state index contributed by atoms with van der Waals surface area (Å²) in [6, 6.07) is 67.8. The van der Waals surface area contributed by atoms with E-state index in [0.29, 0.717) is 17.5 Å². The monoisotopic (exact) mass is 740 g/mol. The van der Waals surface area contributed by atoms with Gasteiger partial charge in [0.15, 0.2) is 17.5 Å². The minimum Gasteiger partial charge on any atom is -0.457 e. The molecule has 0 atom stereocenters. The lowest BCUT2D eigenvalue weighted by Crippen LogP contribution is -2.32. The first-order valence-corrected chi connectivity index (χ1v) is 19.6. The second-order valence-corrected chi connectivity index (χ2v) is 14.9. The molecule has 270 valence electrons. The number of pyridine rings is 1. The van der Waals surface area contributed by atoms with E-state index in [1.165, 1.54) is 27.6 Å². The van der Waals surface area contributed by atoms with E-state index in [2.05, 4.69) is 133 Å². The number of rotatable bonds is 4. The van der Waals surface area contributed by atoms with Crippen LogP contribution in [0.3, 0.4) is 0 Å². The number of benzene rings is 8. The van der Waals surface area contributed by atoms with Gasteiger partial charge in [0.25, 0.3) is 0 Å². The minimum atomic E-state index is -0.579. The van der Waals surface area contributed by atoms with E-state index in [0.717, 1.165) is 66.9 Å². The van der Waals surface area contributed by atoms with E-state index < -0.39 is 5.41 Å². The molecule has 5 heteroatoms. The van der Waals surface area contributed by atoms with Crippen molar-refractivity contribution in [3.8, 4) is 68.0 Å². The maximum atomic E-state index is 6.62. The van der Waals surface area contributed by atoms with Crippen LogP contribution in [0, 0.1) is 0 Å². The number of hydrogen-bond acceptors (Lipinski definition) is 5. The van der Waals surface area contributed by atoms with Crippen molar-refractivity contribution in [2.24, 2.45) is 0 Å². The molecule has 5 nitrogen and oxygen atoms in total. The first kappa shape index (κ1) is 32.5. The van der Waals surface area contributed by atoms with Crippen LogP contribution in [-0.2, 0) is 5.41 Å². The molecule has 0 fully saturated rings. The van der Waals surface area contributed by atoms with Crippen molar-refractivity contribution in [2.45, 2.75) is 5.41 Å². The van der Waals surface area contributed by atoms with Gasteiger partial charge >= 0.3 is 0 Å². The minimum absolute atomic E-state index is 0.579. The zero-order valence-electron chi connectivity index (χ0n) is 31.2. The van der Waals surface area contributed by atoms with E-state index in [1.807, 2.05) is 60.7 Å². The Morgan fingerprint density at radius 2 is 0.828 bits per heavy atom. The van der Waals surface area contributed by atoms with Crippen LogP contribution in [0.25, 0.3) is 78.2 Å². The van der Waals surface area contributed by atoms with Gasteiger partial charge in [0.1, 0.15) is 11.5 Å². The maximum absolute atomic E-state index is 6.62. The lowest BCUT2D eigenvalue weighted by molar-refractivity contribution is 0.436. The van der Waals surface area contributed by atoms with Crippen molar-refractivity contribution in [2.75, 3.05) is 0 Å². The van der Waals surface area contributed by atoms with Crippen molar-refractivity contribution in [3.63, 3.8) is 0 Å². The molecular formula is C53H32N4O. The van der Waals surface area contributed by atoms with Crippen LogP contribution in [0.1, 0.15) is 22.3 Å². The van der Waals surface area contributed by atoms with Crippen molar-refractivity contribution >= 4 is 21.7 Å². The summed E-state index contributed by atoms with van der Waals surface area (Å²) in [5.41, 5.74) is 12.3. The fourth-order valence-corrected chi connectivity index (χ4v) is 9.23. The summed E-state index contributed by atoms with van der Waals surface area (Å²) < 4.78 is 6.62. The van der Waals surface area contributed by atoms with Crippen molar-refractivity contribution in [1.29, 1.82) is 0 Å². The third kappa shape index (κ3) is 4.77. The third-order valence-electron chi connectivity index (χ3n) is 11.8. The van der Waals surface area contributed by atoms with Gasteiger partial charge in [-0.1, -0.05) is 164 Å². The molecule has 0 saturated carbocycles. The molecule has 10 aromatic rings. The van der Waals surface area contributed by atoms with Gasteiger partial charge in [0, 0.05) is 44.2 Å². The molecule has 8 aromatic carbocycles. The highest BCUT2D eigenvalue weighted by Crippen LogP contribution is 2.62. The predicted octanol–water partition coefficient (Wildman–Crippen LogP) is 12.7. The Kier molecular flexibility index (Phi) is 7.07. The van der Waals surface area contributed by atoms with Gasteiger partial charge in [-0.3, -0.25) is 0 Å². The van der Waals surface area contributed by atoms with Crippen LogP contribution >= 0.6 is 0 Å². The second kappa shape index (κ2) is 12.6. The molecule has 2 aliphatic rings. The Hall–Kier alpha value is -7.76. The zero-order valence-corrected chi connectivity index (χ0v) is 31.2. The Morgan fingerprint density at radius 3 is 1.47 bits per heavy atom. The molecular weight excluding hydrogens is 709 g/mol. The zero-order chi connectivity index (χ0) is 38.2. The van der Waals surface area contributed by atoms with E-state index in [9.17, 15) is 0 Å². The lowest BCUT2D eigenvalue weighted by Gasteiger charge is -2.39. The van der Waals surface area contributed by atoms with E-state index in [-0.39, 0.29) is 0 Å². The SMILES string of the molecule is c1ccc(-c2nc(-c3ccccc3)nc(-c3ccc(-c4nc5ccccc5c5cc6c(cc45)C4(c5ccccc5Oc5ccccc54)c4ccccc4-6)cc3)n2)cc1. The van der Waals surface area contributed by atoms with Gasteiger partial charge < -0.3 is 4.74 Å². The van der Waals surface area contributed by atoms with Crippen molar-refractivity contribution < 1.29 is 4.74 Å². The van der Waals surface area contributed by atoms with Gasteiger partial charge in [-0.05, 0) is 58.0 Å². The summed E-state index contributed by atoms with van der Waals surface area (Å²) in [7, 11) is 0. The number of aromatic nitrogens is 4. The highest BCUT2D eigenvalue weighted by molar-refractivity contribution is 6.13. The molecule has 58 heavy (non-hydrogen) atoms. The number of para-hydroxylation sites is 3. The van der Waals surface area contributed by atoms with Crippen LogP contribution in [0.2, 0.25) is 0 Å². The standard InChI is InChI=1S/C53H32N4O/c1-3-15-34(16-4-1)50-55-51(35-17-5-2-6-18-35)57-52(56-50)36-29-27-33(28-30-36)49-41-32-45-40(31-39(41)38-20-8-12-24-46(38)54-49)37-19-7-9-21-42(37)53(45)43-22-10-13-25-47(43)58-48-26-14-11-23-44(48)53/h1-32H. The lowest BCUT2D eigenvalue weighted by atomic mass is 9.66. The maximum Gasteiger partial charge on any atom is 0.164 e. The fourth-order valence-electron chi connectivity index (χ4n) is 9.23. The normalized spacial score (nSPS) is 13.1. The molecule has 0 unspecified atom stereocenters. The summed E-state index contributed by atoms with van der Waals surface area (Å²) in [6.45, 7) is 0. The van der Waals surface area contributed by atoms with Crippen LogP contribution in [0.5, 0.6) is 11.5 Å².